The first-order valence-electron chi connectivity index (χ1n) is 9.98. The summed E-state index contributed by atoms with van der Waals surface area (Å²) in [4.78, 5) is 32.1. The monoisotopic (exact) mass is 434 g/mol. The van der Waals surface area contributed by atoms with Crippen molar-refractivity contribution in [1.29, 1.82) is 0 Å². The van der Waals surface area contributed by atoms with Crippen molar-refractivity contribution < 1.29 is 33.3 Å². The number of nitrogen functional groups attached to an aromatic ring is 1. The summed E-state index contributed by atoms with van der Waals surface area (Å²) >= 11 is 0. The standard InChI is InChI=1S/C20H26N4O7/c1-10-13(9-27-20(5)30-18(26)19(3,4)31-20)29-15(14(10)28-11(2)25)12-8-23-17-16(21)22-6-7-24(12)17/h6-8,10,13-15H,9H2,1-5H3,(H2,21,22)/t10-,13+,14+,15-,20?/m0/s1. The highest BCUT2D eigenvalue weighted by Gasteiger charge is 2.53. The number of hydrogen-bond acceptors (Lipinski definition) is 10. The van der Waals surface area contributed by atoms with Crippen molar-refractivity contribution in [3.63, 3.8) is 0 Å². The largest absolute Gasteiger partial charge is 0.459 e. The van der Waals surface area contributed by atoms with Crippen LogP contribution in [0.15, 0.2) is 18.6 Å². The third-order valence-corrected chi connectivity index (χ3v) is 5.52. The van der Waals surface area contributed by atoms with Crippen LogP contribution in [0.4, 0.5) is 5.82 Å². The molecule has 2 aromatic rings. The average molecular weight is 434 g/mol. The number of carbonyl (C=O) groups excluding carboxylic acids is 2. The predicted molar refractivity (Wildman–Crippen MR) is 105 cm³/mol. The number of aromatic nitrogens is 3. The highest BCUT2D eigenvalue weighted by molar-refractivity contribution is 5.80. The molecule has 0 bridgehead atoms. The number of fused-ring (bicyclic) bond motifs is 1. The van der Waals surface area contributed by atoms with Gasteiger partial charge in [0, 0.05) is 32.2 Å². The number of nitrogens with two attached hydrogens (primary N) is 1. The van der Waals surface area contributed by atoms with Gasteiger partial charge in [0.05, 0.1) is 24.6 Å². The number of cyclic esters (lactones) is 1. The molecule has 11 heteroatoms. The molecule has 1 unspecified atom stereocenters. The van der Waals surface area contributed by atoms with E-state index < -0.39 is 41.8 Å². The van der Waals surface area contributed by atoms with E-state index in [-0.39, 0.29) is 18.3 Å². The Morgan fingerprint density at radius 2 is 2.06 bits per heavy atom. The van der Waals surface area contributed by atoms with Crippen molar-refractivity contribution in [3.05, 3.63) is 24.3 Å². The second kappa shape index (κ2) is 7.43. The third-order valence-electron chi connectivity index (χ3n) is 5.52. The molecule has 4 rings (SSSR count). The van der Waals surface area contributed by atoms with Crippen LogP contribution in [0.1, 0.15) is 46.4 Å². The molecule has 0 aliphatic carbocycles. The maximum Gasteiger partial charge on any atom is 0.342 e. The van der Waals surface area contributed by atoms with Crippen LogP contribution in [0.3, 0.4) is 0 Å². The van der Waals surface area contributed by atoms with Crippen LogP contribution in [-0.4, -0.2) is 56.7 Å². The van der Waals surface area contributed by atoms with Crippen molar-refractivity contribution in [2.75, 3.05) is 12.3 Å². The molecule has 2 N–H and O–H groups in total. The lowest BCUT2D eigenvalue weighted by Crippen LogP contribution is -2.37. The SMILES string of the molecule is CC(=O)O[C@@H]1[C@@H](C)[C@@H](COC2(C)OC(=O)C(C)(C)O2)O[C@H]1c1cnc2c(N)nccn12. The lowest BCUT2D eigenvalue weighted by molar-refractivity contribution is -0.335. The Labute approximate surface area is 178 Å². The zero-order chi connectivity index (χ0) is 22.6. The number of anilines is 1. The molecule has 31 heavy (non-hydrogen) atoms. The molecule has 2 saturated heterocycles. The summed E-state index contributed by atoms with van der Waals surface area (Å²) in [5.41, 5.74) is 5.95. The molecule has 2 aromatic heterocycles. The summed E-state index contributed by atoms with van der Waals surface area (Å²) < 4.78 is 30.3. The summed E-state index contributed by atoms with van der Waals surface area (Å²) in [6, 6.07) is 0. The second-order valence-corrected chi connectivity index (χ2v) is 8.39. The highest BCUT2D eigenvalue weighted by Crippen LogP contribution is 2.41. The number of ether oxygens (including phenoxy) is 5. The molecule has 5 atom stereocenters. The van der Waals surface area contributed by atoms with E-state index >= 15 is 0 Å². The van der Waals surface area contributed by atoms with Gasteiger partial charge in [-0.3, -0.25) is 13.9 Å². The number of nitrogens with zero attached hydrogens (tertiary/aromatic N) is 3. The molecule has 2 aliphatic heterocycles. The minimum Gasteiger partial charge on any atom is -0.459 e. The fourth-order valence-electron chi connectivity index (χ4n) is 3.95. The smallest absolute Gasteiger partial charge is 0.342 e. The van der Waals surface area contributed by atoms with Gasteiger partial charge in [-0.05, 0) is 13.8 Å². The number of rotatable bonds is 5. The van der Waals surface area contributed by atoms with Crippen molar-refractivity contribution in [2.45, 2.75) is 64.5 Å². The minimum atomic E-state index is -1.53. The summed E-state index contributed by atoms with van der Waals surface area (Å²) in [6.45, 7) is 8.04. The van der Waals surface area contributed by atoms with Crippen LogP contribution in [0, 0.1) is 5.92 Å². The van der Waals surface area contributed by atoms with E-state index in [9.17, 15) is 9.59 Å². The van der Waals surface area contributed by atoms with Gasteiger partial charge in [0.25, 0.3) is 0 Å². The molecule has 2 aliphatic rings. The van der Waals surface area contributed by atoms with E-state index in [0.29, 0.717) is 11.3 Å². The Morgan fingerprint density at radius 3 is 2.71 bits per heavy atom. The molecule has 2 fully saturated rings. The quantitative estimate of drug-likeness (QED) is 0.687. The van der Waals surface area contributed by atoms with E-state index in [1.54, 1.807) is 36.8 Å². The fraction of sp³-hybridized carbons (Fsp3) is 0.600. The number of hydrogen-bond donors (Lipinski definition) is 1. The molecule has 0 spiro atoms. The van der Waals surface area contributed by atoms with E-state index in [0.717, 1.165) is 0 Å². The molecule has 0 saturated carbocycles. The Bertz CT molecular complexity index is 1020. The van der Waals surface area contributed by atoms with Crippen LogP contribution in [0.5, 0.6) is 0 Å². The molecule has 0 radical (unpaired) electrons. The molecule has 0 aromatic carbocycles. The van der Waals surface area contributed by atoms with Crippen molar-refractivity contribution >= 4 is 23.4 Å². The first-order valence-corrected chi connectivity index (χ1v) is 9.98. The zero-order valence-electron chi connectivity index (χ0n) is 18.0. The van der Waals surface area contributed by atoms with Crippen LogP contribution in [0.2, 0.25) is 0 Å². The lowest BCUT2D eigenvalue weighted by Gasteiger charge is -2.26. The first-order chi connectivity index (χ1) is 14.5. The van der Waals surface area contributed by atoms with Crippen LogP contribution >= 0.6 is 0 Å². The second-order valence-electron chi connectivity index (χ2n) is 8.39. The summed E-state index contributed by atoms with van der Waals surface area (Å²) in [6.07, 6.45) is 3.22. The summed E-state index contributed by atoms with van der Waals surface area (Å²) in [5, 5.41) is 0. The highest BCUT2D eigenvalue weighted by atomic mass is 16.9. The molecule has 4 heterocycles. The van der Waals surface area contributed by atoms with E-state index in [1.807, 2.05) is 6.92 Å². The van der Waals surface area contributed by atoms with Crippen molar-refractivity contribution in [2.24, 2.45) is 5.92 Å². The van der Waals surface area contributed by atoms with E-state index in [1.165, 1.54) is 13.8 Å². The molecular weight excluding hydrogens is 408 g/mol. The van der Waals surface area contributed by atoms with Gasteiger partial charge >= 0.3 is 17.9 Å². The molecule has 168 valence electrons. The maximum atomic E-state index is 12.0. The normalized spacial score (nSPS) is 32.4. The number of carbonyl (C=O) groups is 2. The van der Waals surface area contributed by atoms with Gasteiger partial charge < -0.3 is 24.7 Å². The fourth-order valence-corrected chi connectivity index (χ4v) is 3.95. The molecule has 11 nitrogen and oxygen atoms in total. The summed E-state index contributed by atoms with van der Waals surface area (Å²) in [5.74, 6) is -2.42. The Hall–Kier alpha value is -2.76. The van der Waals surface area contributed by atoms with E-state index in [4.69, 9.17) is 29.4 Å². The molecular formula is C20H26N4O7. The van der Waals surface area contributed by atoms with Gasteiger partial charge in [-0.25, -0.2) is 14.8 Å². The van der Waals surface area contributed by atoms with E-state index in [2.05, 4.69) is 9.97 Å². The third kappa shape index (κ3) is 3.84. The van der Waals surface area contributed by atoms with Crippen molar-refractivity contribution in [1.82, 2.24) is 14.4 Å². The van der Waals surface area contributed by atoms with Gasteiger partial charge in [-0.2, -0.15) is 0 Å². The average Bonchev–Trinajstić information content (AvgIpc) is 3.28. The van der Waals surface area contributed by atoms with Crippen LogP contribution < -0.4 is 5.73 Å². The van der Waals surface area contributed by atoms with Gasteiger partial charge in [0.2, 0.25) is 0 Å². The first kappa shape index (κ1) is 21.5. The maximum absolute atomic E-state index is 12.0. The summed E-state index contributed by atoms with van der Waals surface area (Å²) in [7, 11) is 0. The van der Waals surface area contributed by atoms with Crippen LogP contribution in [0.25, 0.3) is 5.65 Å². The Balaban J connectivity index is 1.56. The number of esters is 2. The van der Waals surface area contributed by atoms with Crippen molar-refractivity contribution in [3.8, 4) is 0 Å². The van der Waals surface area contributed by atoms with Crippen LogP contribution in [-0.2, 0) is 33.3 Å². The Morgan fingerprint density at radius 1 is 1.32 bits per heavy atom. The van der Waals surface area contributed by atoms with Gasteiger partial charge in [0.15, 0.2) is 17.1 Å². The van der Waals surface area contributed by atoms with Gasteiger partial charge in [-0.1, -0.05) is 6.92 Å². The Kier molecular flexibility index (Phi) is 5.15. The minimum absolute atomic E-state index is 0.0513. The lowest BCUT2D eigenvalue weighted by atomic mass is 9.97. The molecule has 0 amide bonds. The van der Waals surface area contributed by atoms with Gasteiger partial charge in [-0.15, -0.1) is 0 Å². The topological polar surface area (TPSA) is 136 Å². The number of imidazole rings is 1. The zero-order valence-corrected chi connectivity index (χ0v) is 18.0. The predicted octanol–water partition coefficient (Wildman–Crippen LogP) is 1.36. The van der Waals surface area contributed by atoms with Gasteiger partial charge in [0.1, 0.15) is 12.2 Å².